The number of halogens is 1. The molecule has 0 spiro atoms. The first-order valence-electron chi connectivity index (χ1n) is 6.17. The summed E-state index contributed by atoms with van der Waals surface area (Å²) in [7, 11) is 0. The van der Waals surface area contributed by atoms with Gasteiger partial charge in [-0.15, -0.1) is 11.3 Å². The van der Waals surface area contributed by atoms with E-state index < -0.39 is 0 Å². The van der Waals surface area contributed by atoms with Gasteiger partial charge in [0.05, 0.1) is 21.0 Å². The number of ether oxygens (including phenoxy) is 1. The quantitative estimate of drug-likeness (QED) is 0.656. The van der Waals surface area contributed by atoms with Gasteiger partial charge in [0.1, 0.15) is 0 Å². The molecule has 2 rings (SSSR count). The second kappa shape index (κ2) is 4.87. The van der Waals surface area contributed by atoms with Gasteiger partial charge in [-0.1, -0.05) is 0 Å². The van der Waals surface area contributed by atoms with Crippen LogP contribution in [0.15, 0.2) is 15.9 Å². The Labute approximate surface area is 121 Å². The highest BCUT2D eigenvalue weighted by molar-refractivity contribution is 9.11. The Morgan fingerprint density at radius 3 is 2.50 bits per heavy atom. The molecular weight excluding hydrogens is 312 g/mol. The normalized spacial score (nSPS) is 27.3. The predicted molar refractivity (Wildman–Crippen MR) is 79.4 cm³/mol. The third kappa shape index (κ3) is 2.80. The highest BCUT2D eigenvalue weighted by atomic mass is 79.9. The van der Waals surface area contributed by atoms with Gasteiger partial charge in [0.2, 0.25) is 0 Å². The topological polar surface area (TPSA) is 47.3 Å². The molecule has 1 saturated heterocycles. The minimum absolute atomic E-state index is 0.0856. The summed E-state index contributed by atoms with van der Waals surface area (Å²) in [6.07, 6.45) is 1.00. The van der Waals surface area contributed by atoms with Gasteiger partial charge >= 0.3 is 0 Å². The lowest BCUT2D eigenvalue weighted by molar-refractivity contribution is -0.0777. The molecule has 2 heterocycles. The summed E-state index contributed by atoms with van der Waals surface area (Å²) in [5.41, 5.74) is 2.72. The Morgan fingerprint density at radius 2 is 2.11 bits per heavy atom. The summed E-state index contributed by atoms with van der Waals surface area (Å²) in [4.78, 5) is 1.25. The molecule has 2 atom stereocenters. The van der Waals surface area contributed by atoms with E-state index in [0.717, 1.165) is 10.2 Å². The van der Waals surface area contributed by atoms with Crippen molar-refractivity contribution in [2.75, 3.05) is 0 Å². The number of thiophene rings is 1. The molecule has 0 aliphatic carbocycles. The molecule has 1 aromatic rings. The lowest BCUT2D eigenvalue weighted by atomic mass is 9.81. The van der Waals surface area contributed by atoms with Gasteiger partial charge in [-0.2, -0.15) is 0 Å². The molecule has 1 aliphatic rings. The van der Waals surface area contributed by atoms with Crippen LogP contribution in [0.3, 0.4) is 0 Å². The van der Waals surface area contributed by atoms with E-state index in [1.165, 1.54) is 4.88 Å². The first-order valence-corrected chi connectivity index (χ1v) is 7.78. The van der Waals surface area contributed by atoms with Crippen molar-refractivity contribution >= 4 is 27.3 Å². The van der Waals surface area contributed by atoms with Gasteiger partial charge in [-0.3, -0.25) is 11.3 Å². The molecule has 0 radical (unpaired) electrons. The van der Waals surface area contributed by atoms with Gasteiger partial charge < -0.3 is 4.74 Å². The molecule has 0 amide bonds. The molecule has 3 nitrogen and oxygen atoms in total. The molecular formula is C13H21BrN2OS. The standard InChI is InChI=1S/C13H21BrN2OS/c1-12(2)7-8(13(3,4)17-12)11(16-15)9-5-6-10(14)18-9/h5-6,8,11,16H,7,15H2,1-4H3. The van der Waals surface area contributed by atoms with Crippen molar-refractivity contribution in [1.82, 2.24) is 5.43 Å². The molecule has 3 N–H and O–H groups in total. The largest absolute Gasteiger partial charge is 0.369 e. The van der Waals surface area contributed by atoms with Gasteiger partial charge in [0, 0.05) is 10.8 Å². The zero-order valence-corrected chi connectivity index (χ0v) is 13.7. The van der Waals surface area contributed by atoms with Crippen molar-refractivity contribution in [3.63, 3.8) is 0 Å². The summed E-state index contributed by atoms with van der Waals surface area (Å²) < 4.78 is 7.29. The van der Waals surface area contributed by atoms with Crippen LogP contribution in [-0.4, -0.2) is 11.2 Å². The Morgan fingerprint density at radius 1 is 1.44 bits per heavy atom. The molecule has 102 valence electrons. The van der Waals surface area contributed by atoms with Crippen molar-refractivity contribution in [3.05, 3.63) is 20.8 Å². The first-order chi connectivity index (χ1) is 8.25. The molecule has 0 saturated carbocycles. The summed E-state index contributed by atoms with van der Waals surface area (Å²) >= 11 is 5.23. The van der Waals surface area contributed by atoms with Crippen LogP contribution in [0.4, 0.5) is 0 Å². The van der Waals surface area contributed by atoms with E-state index in [1.54, 1.807) is 11.3 Å². The summed E-state index contributed by atoms with van der Waals surface area (Å²) in [5.74, 6) is 6.15. The minimum atomic E-state index is -0.170. The minimum Gasteiger partial charge on any atom is -0.369 e. The summed E-state index contributed by atoms with van der Waals surface area (Å²) in [5, 5.41) is 0. The van der Waals surface area contributed by atoms with Gasteiger partial charge in [0.15, 0.2) is 0 Å². The van der Waals surface area contributed by atoms with Crippen LogP contribution in [0.2, 0.25) is 0 Å². The molecule has 5 heteroatoms. The molecule has 1 aromatic heterocycles. The van der Waals surface area contributed by atoms with Crippen LogP contribution < -0.4 is 11.3 Å². The van der Waals surface area contributed by atoms with Crippen LogP contribution in [0.1, 0.15) is 45.0 Å². The lowest BCUT2D eigenvalue weighted by Crippen LogP contribution is -2.40. The maximum atomic E-state index is 6.16. The Bertz CT molecular complexity index is 430. The van der Waals surface area contributed by atoms with Crippen molar-refractivity contribution in [2.45, 2.75) is 51.4 Å². The number of nitrogens with two attached hydrogens (primary N) is 1. The van der Waals surface area contributed by atoms with Crippen molar-refractivity contribution in [1.29, 1.82) is 0 Å². The molecule has 0 aromatic carbocycles. The molecule has 1 aliphatic heterocycles. The fraction of sp³-hybridized carbons (Fsp3) is 0.692. The van der Waals surface area contributed by atoms with Crippen LogP contribution in [0, 0.1) is 5.92 Å². The van der Waals surface area contributed by atoms with E-state index in [0.29, 0.717) is 5.92 Å². The highest BCUT2D eigenvalue weighted by Crippen LogP contribution is 2.48. The molecule has 2 unspecified atom stereocenters. The monoisotopic (exact) mass is 332 g/mol. The van der Waals surface area contributed by atoms with Gasteiger partial charge in [0.25, 0.3) is 0 Å². The highest BCUT2D eigenvalue weighted by Gasteiger charge is 2.49. The van der Waals surface area contributed by atoms with Crippen LogP contribution >= 0.6 is 27.3 Å². The fourth-order valence-corrected chi connectivity index (χ4v) is 4.57. The van der Waals surface area contributed by atoms with Crippen LogP contribution in [0.25, 0.3) is 0 Å². The lowest BCUT2D eigenvalue weighted by Gasteiger charge is -2.32. The number of rotatable bonds is 3. The Balaban J connectivity index is 2.28. The van der Waals surface area contributed by atoms with Crippen LogP contribution in [-0.2, 0) is 4.74 Å². The zero-order chi connectivity index (χ0) is 13.6. The number of hydrogen-bond acceptors (Lipinski definition) is 4. The van der Waals surface area contributed by atoms with Crippen LogP contribution in [0.5, 0.6) is 0 Å². The average Bonchev–Trinajstić information content (AvgIpc) is 2.70. The third-order valence-corrected chi connectivity index (χ3v) is 5.33. The van der Waals surface area contributed by atoms with Crippen molar-refractivity contribution in [2.24, 2.45) is 11.8 Å². The maximum absolute atomic E-state index is 6.16. The van der Waals surface area contributed by atoms with Gasteiger partial charge in [-0.25, -0.2) is 0 Å². The van der Waals surface area contributed by atoms with E-state index in [1.807, 2.05) is 0 Å². The van der Waals surface area contributed by atoms with E-state index in [9.17, 15) is 0 Å². The fourth-order valence-electron chi connectivity index (χ4n) is 3.02. The second-order valence-corrected chi connectivity index (χ2v) is 8.56. The number of hydrazine groups is 1. The smallest absolute Gasteiger partial charge is 0.0702 e. The maximum Gasteiger partial charge on any atom is 0.0702 e. The SMILES string of the molecule is CC1(C)CC(C(NN)c2ccc(Br)s2)C(C)(C)O1. The molecule has 18 heavy (non-hydrogen) atoms. The van der Waals surface area contributed by atoms with E-state index in [-0.39, 0.29) is 17.2 Å². The van der Waals surface area contributed by atoms with Crippen molar-refractivity contribution in [3.8, 4) is 0 Å². The number of hydrogen-bond donors (Lipinski definition) is 2. The summed E-state index contributed by atoms with van der Waals surface area (Å²) in [6, 6.07) is 4.33. The predicted octanol–water partition coefficient (Wildman–Crippen LogP) is 3.61. The van der Waals surface area contributed by atoms with E-state index in [2.05, 4.69) is 61.2 Å². The first kappa shape index (κ1) is 14.5. The van der Waals surface area contributed by atoms with Gasteiger partial charge in [-0.05, 0) is 62.2 Å². The average molecular weight is 333 g/mol. The second-order valence-electron chi connectivity index (χ2n) is 6.06. The van der Waals surface area contributed by atoms with E-state index in [4.69, 9.17) is 10.6 Å². The third-order valence-electron chi connectivity index (χ3n) is 3.63. The summed E-state index contributed by atoms with van der Waals surface area (Å²) in [6.45, 7) is 8.60. The van der Waals surface area contributed by atoms with Crippen molar-refractivity contribution < 1.29 is 4.74 Å². The Hall–Kier alpha value is 0.0600. The Kier molecular flexibility index (Phi) is 3.91. The van der Waals surface area contributed by atoms with E-state index >= 15 is 0 Å². The zero-order valence-electron chi connectivity index (χ0n) is 11.3. The molecule has 0 bridgehead atoms. The molecule has 1 fully saturated rings. The number of nitrogens with one attached hydrogen (secondary N) is 1.